The molecule has 7 heteroatoms. The van der Waals surface area contributed by atoms with Crippen molar-refractivity contribution in [3.63, 3.8) is 0 Å². The maximum atomic E-state index is 12.2. The molecule has 0 spiro atoms. The van der Waals surface area contributed by atoms with Crippen LogP contribution in [0.3, 0.4) is 0 Å². The molecule has 0 aromatic carbocycles. The molecule has 1 fully saturated rings. The van der Waals surface area contributed by atoms with Crippen LogP contribution >= 0.6 is 0 Å². The summed E-state index contributed by atoms with van der Waals surface area (Å²) in [6.07, 6.45) is -4.79. The fraction of sp³-hybridized carbons (Fsp3) is 0.778. The van der Waals surface area contributed by atoms with Crippen LogP contribution in [0.2, 0.25) is 0 Å². The number of rotatable bonds is 2. The van der Waals surface area contributed by atoms with Crippen LogP contribution in [0.1, 0.15) is 19.8 Å². The third kappa shape index (κ3) is 2.86. The van der Waals surface area contributed by atoms with Crippen molar-refractivity contribution in [2.75, 3.05) is 6.54 Å². The molecule has 0 radical (unpaired) electrons. The normalized spacial score (nSPS) is 25.9. The minimum Gasteiger partial charge on any atom is -0.481 e. The Kier molecular flexibility index (Phi) is 3.44. The van der Waals surface area contributed by atoms with E-state index in [0.29, 0.717) is 11.3 Å². The van der Waals surface area contributed by atoms with E-state index in [1.807, 2.05) is 0 Å². The number of alkyl halides is 3. The molecule has 92 valence electrons. The average Bonchev–Trinajstić information content (AvgIpc) is 2.42. The lowest BCUT2D eigenvalue weighted by atomic mass is 10.0. The number of carboxylic acids is 1. The van der Waals surface area contributed by atoms with E-state index in [0.717, 1.165) is 0 Å². The van der Waals surface area contributed by atoms with Crippen LogP contribution in [0.5, 0.6) is 0 Å². The molecule has 1 N–H and O–H groups in total. The Labute approximate surface area is 90.0 Å². The Bertz CT molecular complexity index is 303. The highest BCUT2D eigenvalue weighted by molar-refractivity contribution is 5.82. The van der Waals surface area contributed by atoms with Gasteiger partial charge in [-0.05, 0) is 19.3 Å². The second-order valence-corrected chi connectivity index (χ2v) is 4.00. The van der Waals surface area contributed by atoms with Gasteiger partial charge in [-0.3, -0.25) is 9.59 Å². The van der Waals surface area contributed by atoms with Gasteiger partial charge in [0.25, 0.3) is 0 Å². The van der Waals surface area contributed by atoms with E-state index in [1.165, 1.54) is 6.92 Å². The molecule has 1 rings (SSSR count). The van der Waals surface area contributed by atoms with Crippen LogP contribution in [0.15, 0.2) is 0 Å². The predicted octanol–water partition coefficient (Wildman–Crippen LogP) is 1.26. The van der Waals surface area contributed by atoms with E-state index in [9.17, 15) is 22.8 Å². The Morgan fingerprint density at radius 3 is 2.44 bits per heavy atom. The minimum absolute atomic E-state index is 0.133. The van der Waals surface area contributed by atoms with Crippen LogP contribution in [-0.4, -0.2) is 40.6 Å². The quantitative estimate of drug-likeness (QED) is 0.789. The van der Waals surface area contributed by atoms with Crippen LogP contribution < -0.4 is 0 Å². The molecule has 1 saturated heterocycles. The van der Waals surface area contributed by atoms with Gasteiger partial charge in [0.1, 0.15) is 0 Å². The van der Waals surface area contributed by atoms with Gasteiger partial charge in [-0.15, -0.1) is 0 Å². The Morgan fingerprint density at radius 1 is 1.44 bits per heavy atom. The molecule has 1 amide bonds. The van der Waals surface area contributed by atoms with Crippen molar-refractivity contribution < 1.29 is 27.9 Å². The van der Waals surface area contributed by atoms with E-state index >= 15 is 0 Å². The number of aliphatic carboxylic acids is 1. The lowest BCUT2D eigenvalue weighted by molar-refractivity contribution is -0.186. The standard InChI is InChI=1S/C9H12F3NO3/c1-5-2-6(3-7(14)15)4-13(5)8(16)9(10,11)12/h5-6H,2-4H2,1H3,(H,14,15). The van der Waals surface area contributed by atoms with Gasteiger partial charge < -0.3 is 10.0 Å². The summed E-state index contributed by atoms with van der Waals surface area (Å²) >= 11 is 0. The molecule has 0 aromatic rings. The maximum Gasteiger partial charge on any atom is 0.471 e. The fourth-order valence-corrected chi connectivity index (χ4v) is 1.98. The highest BCUT2D eigenvalue weighted by Gasteiger charge is 2.46. The molecule has 1 heterocycles. The molecular weight excluding hydrogens is 227 g/mol. The molecule has 1 aliphatic heterocycles. The summed E-state index contributed by atoms with van der Waals surface area (Å²) in [6, 6.07) is -0.557. The summed E-state index contributed by atoms with van der Waals surface area (Å²) in [6.45, 7) is 1.36. The van der Waals surface area contributed by atoms with Crippen LogP contribution in [0.4, 0.5) is 13.2 Å². The molecule has 2 unspecified atom stereocenters. The van der Waals surface area contributed by atoms with Gasteiger partial charge in [-0.2, -0.15) is 13.2 Å². The van der Waals surface area contributed by atoms with E-state index in [-0.39, 0.29) is 18.9 Å². The Morgan fingerprint density at radius 2 is 2.00 bits per heavy atom. The summed E-state index contributed by atoms with van der Waals surface area (Å²) in [5.74, 6) is -3.33. The molecule has 0 aromatic heterocycles. The highest BCUT2D eigenvalue weighted by atomic mass is 19.4. The van der Waals surface area contributed by atoms with Gasteiger partial charge in [-0.1, -0.05) is 0 Å². The fourth-order valence-electron chi connectivity index (χ4n) is 1.98. The summed E-state index contributed by atoms with van der Waals surface area (Å²) < 4.78 is 36.5. The number of carbonyl (C=O) groups is 2. The van der Waals surface area contributed by atoms with Crippen molar-refractivity contribution in [3.8, 4) is 0 Å². The van der Waals surface area contributed by atoms with E-state index in [1.54, 1.807) is 0 Å². The van der Waals surface area contributed by atoms with E-state index in [2.05, 4.69) is 0 Å². The molecular formula is C9H12F3NO3. The number of carbonyl (C=O) groups excluding carboxylic acids is 1. The summed E-state index contributed by atoms with van der Waals surface area (Å²) in [7, 11) is 0. The third-order valence-electron chi connectivity index (χ3n) is 2.63. The van der Waals surface area contributed by atoms with Crippen molar-refractivity contribution in [1.29, 1.82) is 0 Å². The summed E-state index contributed by atoms with van der Waals surface area (Å²) in [5, 5.41) is 8.52. The molecule has 2 atom stereocenters. The second-order valence-electron chi connectivity index (χ2n) is 4.00. The molecule has 4 nitrogen and oxygen atoms in total. The molecule has 0 bridgehead atoms. The average molecular weight is 239 g/mol. The molecule has 0 saturated carbocycles. The maximum absolute atomic E-state index is 12.2. The van der Waals surface area contributed by atoms with Crippen LogP contribution in [0.25, 0.3) is 0 Å². The second kappa shape index (κ2) is 4.31. The predicted molar refractivity (Wildman–Crippen MR) is 47.6 cm³/mol. The summed E-state index contributed by atoms with van der Waals surface area (Å²) in [5.41, 5.74) is 0. The number of likely N-dealkylation sites (tertiary alicyclic amines) is 1. The third-order valence-corrected chi connectivity index (χ3v) is 2.63. The number of hydrogen-bond donors (Lipinski definition) is 1. The van der Waals surface area contributed by atoms with E-state index in [4.69, 9.17) is 5.11 Å². The minimum atomic E-state index is -4.88. The van der Waals surface area contributed by atoms with Gasteiger partial charge in [0.15, 0.2) is 0 Å². The number of amides is 1. The van der Waals surface area contributed by atoms with Gasteiger partial charge in [-0.25, -0.2) is 0 Å². The van der Waals surface area contributed by atoms with Crippen molar-refractivity contribution in [2.45, 2.75) is 32.0 Å². The smallest absolute Gasteiger partial charge is 0.471 e. The van der Waals surface area contributed by atoms with Gasteiger partial charge >= 0.3 is 18.1 Å². The number of carboxylic acid groups (broad SMARTS) is 1. The number of halogens is 3. The largest absolute Gasteiger partial charge is 0.481 e. The Hall–Kier alpha value is -1.27. The summed E-state index contributed by atoms with van der Waals surface area (Å²) in [4.78, 5) is 22.1. The van der Waals surface area contributed by atoms with Gasteiger partial charge in [0.2, 0.25) is 0 Å². The van der Waals surface area contributed by atoms with Gasteiger partial charge in [0.05, 0.1) is 0 Å². The van der Waals surface area contributed by atoms with Crippen LogP contribution in [-0.2, 0) is 9.59 Å². The molecule has 16 heavy (non-hydrogen) atoms. The van der Waals surface area contributed by atoms with E-state index < -0.39 is 24.1 Å². The monoisotopic (exact) mass is 239 g/mol. The van der Waals surface area contributed by atoms with Crippen molar-refractivity contribution in [2.24, 2.45) is 5.92 Å². The topological polar surface area (TPSA) is 57.6 Å². The first-order valence-electron chi connectivity index (χ1n) is 4.81. The zero-order valence-corrected chi connectivity index (χ0v) is 8.62. The lowest BCUT2D eigenvalue weighted by Gasteiger charge is -2.22. The van der Waals surface area contributed by atoms with Gasteiger partial charge in [0, 0.05) is 19.0 Å². The van der Waals surface area contributed by atoms with Crippen LogP contribution in [0, 0.1) is 5.92 Å². The number of nitrogens with zero attached hydrogens (tertiary/aromatic N) is 1. The first-order valence-corrected chi connectivity index (χ1v) is 4.81. The van der Waals surface area contributed by atoms with Crippen molar-refractivity contribution in [3.05, 3.63) is 0 Å². The molecule has 1 aliphatic rings. The highest BCUT2D eigenvalue weighted by Crippen LogP contribution is 2.29. The number of hydrogen-bond acceptors (Lipinski definition) is 2. The Balaban J connectivity index is 2.64. The first kappa shape index (κ1) is 12.8. The zero-order valence-electron chi connectivity index (χ0n) is 8.62. The van der Waals surface area contributed by atoms with Crippen molar-refractivity contribution in [1.82, 2.24) is 4.90 Å². The zero-order chi connectivity index (χ0) is 12.5. The first-order chi connectivity index (χ1) is 7.21. The SMILES string of the molecule is CC1CC(CC(=O)O)CN1C(=O)C(F)(F)F. The molecule has 0 aliphatic carbocycles. The lowest BCUT2D eigenvalue weighted by Crippen LogP contribution is -2.43. The van der Waals surface area contributed by atoms with Crippen molar-refractivity contribution >= 4 is 11.9 Å².